The van der Waals surface area contributed by atoms with E-state index in [4.69, 9.17) is 25.2 Å². The second kappa shape index (κ2) is 10.5. The number of hydrogen-bond donors (Lipinski definition) is 2. The van der Waals surface area contributed by atoms with E-state index >= 15 is 0 Å². The summed E-state index contributed by atoms with van der Waals surface area (Å²) in [7, 11) is 0. The summed E-state index contributed by atoms with van der Waals surface area (Å²) in [6.07, 6.45) is 0. The minimum absolute atomic E-state index is 0. The fourth-order valence-corrected chi connectivity index (χ4v) is 0. The van der Waals surface area contributed by atoms with Crippen LogP contribution in [0.25, 0.3) is 0 Å². The van der Waals surface area contributed by atoms with Gasteiger partial charge in [-0.2, -0.15) is 0 Å². The van der Waals surface area contributed by atoms with Gasteiger partial charge in [-0.1, -0.05) is 0 Å². The predicted octanol–water partition coefficient (Wildman–Crippen LogP) is -3.44. The molecule has 6 nitrogen and oxygen atoms in total. The molecule has 48 valence electrons. The minimum Gasteiger partial charge on any atom is -0.503 e. The van der Waals surface area contributed by atoms with Crippen molar-refractivity contribution in [2.75, 3.05) is 0 Å². The van der Waals surface area contributed by atoms with Crippen LogP contribution in [0.4, 0.5) is 0 Å². The predicted molar refractivity (Wildman–Crippen MR) is 21.8 cm³/mol. The molecule has 0 aliphatic rings. The van der Waals surface area contributed by atoms with Crippen LogP contribution < -0.4 is 29.6 Å². The summed E-state index contributed by atoms with van der Waals surface area (Å²) in [6, 6.07) is 0. The van der Waals surface area contributed by atoms with Crippen molar-refractivity contribution in [2.24, 2.45) is 0 Å². The van der Waals surface area contributed by atoms with Crippen molar-refractivity contribution in [3.05, 3.63) is 17.0 Å². The van der Waals surface area contributed by atoms with Gasteiger partial charge in [-0.15, -0.1) is 10.1 Å². The Morgan fingerprint density at radius 3 is 1.67 bits per heavy atom. The van der Waals surface area contributed by atoms with Gasteiger partial charge in [-0.3, -0.25) is 11.7 Å². The summed E-state index contributed by atoms with van der Waals surface area (Å²) in [4.78, 5) is 17.2. The van der Waals surface area contributed by atoms with Gasteiger partial charge in [0.25, 0.3) is 5.09 Å². The number of rotatable bonds is 0. The van der Waals surface area contributed by atoms with Crippen molar-refractivity contribution in [3.8, 4) is 0 Å². The van der Waals surface area contributed by atoms with Crippen LogP contribution in [-0.4, -0.2) is 21.4 Å². The monoisotopic (exact) mass is 145 g/mol. The van der Waals surface area contributed by atoms with Crippen LogP contribution in [0.5, 0.6) is 0 Å². The standard InChI is InChI=1S/C2H3O2.HNO3.Na/c1-2(3)4;2-1(3)4;/h1H2,(H,3,4);(H,2,3,4);/q-1;;+1. The number of carboxylic acid groups (broad SMARTS) is 1. The molecule has 7 heteroatoms. The molecule has 0 aromatic heterocycles. The van der Waals surface area contributed by atoms with Crippen molar-refractivity contribution in [1.29, 1.82) is 0 Å². The third kappa shape index (κ3) is 1090. The average Bonchev–Trinajstić information content (AvgIpc) is 1.25. The van der Waals surface area contributed by atoms with Crippen molar-refractivity contribution in [3.63, 3.8) is 0 Å². The smallest absolute Gasteiger partial charge is 0.503 e. The maximum absolute atomic E-state index is 8.89. The van der Waals surface area contributed by atoms with E-state index < -0.39 is 11.1 Å². The summed E-state index contributed by atoms with van der Waals surface area (Å²) in [5.74, 6) is -1.08. The summed E-state index contributed by atoms with van der Waals surface area (Å²) in [5.41, 5.74) is 0. The zero-order valence-electron chi connectivity index (χ0n) is 4.77. The van der Waals surface area contributed by atoms with Crippen molar-refractivity contribution in [1.82, 2.24) is 0 Å². The molecule has 0 unspecified atom stereocenters. The normalized spacial score (nSPS) is 5.33. The molecular formula is C2H4NNaO5. The second-order valence-electron chi connectivity index (χ2n) is 0.632. The van der Waals surface area contributed by atoms with Crippen LogP contribution in [-0.2, 0) is 4.79 Å². The molecule has 9 heavy (non-hydrogen) atoms. The maximum Gasteiger partial charge on any atom is 1.00 e. The molecule has 0 aromatic carbocycles. The van der Waals surface area contributed by atoms with Crippen LogP contribution in [0.1, 0.15) is 0 Å². The first-order chi connectivity index (χ1) is 3.46. The topological polar surface area (TPSA) is 101 Å². The van der Waals surface area contributed by atoms with E-state index in [0.717, 1.165) is 0 Å². The SMILES string of the molecule is O=[N+]([O-])O.[CH2-]C(=O)O.[Na+]. The number of nitrogens with zero attached hydrogens (tertiary/aromatic N) is 1. The number of hydrogen-bond acceptors (Lipinski definition) is 3. The quantitative estimate of drug-likeness (QED) is 0.160. The molecular weight excluding hydrogens is 141 g/mol. The van der Waals surface area contributed by atoms with E-state index in [1.165, 1.54) is 0 Å². The largest absolute Gasteiger partial charge is 1.00 e. The summed E-state index contributed by atoms with van der Waals surface area (Å²) < 4.78 is 0. The zero-order chi connectivity index (χ0) is 7.15. The zero-order valence-corrected chi connectivity index (χ0v) is 6.77. The van der Waals surface area contributed by atoms with Gasteiger partial charge >= 0.3 is 29.6 Å². The Bertz CT molecular complexity index is 73.0. The fourth-order valence-electron chi connectivity index (χ4n) is 0. The molecule has 0 atom stereocenters. The molecule has 0 aromatic rings. The number of carbonyl (C=O) groups is 1. The Morgan fingerprint density at radius 1 is 1.67 bits per heavy atom. The maximum atomic E-state index is 8.89. The Morgan fingerprint density at radius 2 is 1.67 bits per heavy atom. The van der Waals surface area contributed by atoms with Crippen molar-refractivity contribution >= 4 is 5.97 Å². The molecule has 2 N–H and O–H groups in total. The summed E-state index contributed by atoms with van der Waals surface area (Å²) >= 11 is 0. The Kier molecular flexibility index (Phi) is 18.5. The Balaban J connectivity index is -0.0000000720. The molecule has 0 aliphatic carbocycles. The second-order valence-corrected chi connectivity index (χ2v) is 0.632. The molecule has 0 aliphatic heterocycles. The van der Waals surface area contributed by atoms with Crippen molar-refractivity contribution < 1.29 is 49.8 Å². The van der Waals surface area contributed by atoms with Crippen LogP contribution >= 0.6 is 0 Å². The van der Waals surface area contributed by atoms with Gasteiger partial charge in [0.05, 0.1) is 0 Å². The van der Waals surface area contributed by atoms with Gasteiger partial charge in [0.1, 0.15) is 0 Å². The molecule has 0 amide bonds. The molecule has 0 bridgehead atoms. The van der Waals surface area contributed by atoms with E-state index in [1.807, 2.05) is 0 Å². The molecule has 0 saturated heterocycles. The van der Waals surface area contributed by atoms with E-state index in [-0.39, 0.29) is 29.6 Å². The van der Waals surface area contributed by atoms with E-state index in [2.05, 4.69) is 6.92 Å². The van der Waals surface area contributed by atoms with Gasteiger partial charge in [0.2, 0.25) is 0 Å². The van der Waals surface area contributed by atoms with E-state index in [9.17, 15) is 0 Å². The molecule has 0 rings (SSSR count). The first kappa shape index (κ1) is 15.8. The first-order valence-corrected chi connectivity index (χ1v) is 1.35. The van der Waals surface area contributed by atoms with Crippen LogP contribution in [0.15, 0.2) is 0 Å². The Hall–Kier alpha value is -0.460. The average molecular weight is 145 g/mol. The molecule has 0 fully saturated rings. The first-order valence-electron chi connectivity index (χ1n) is 1.35. The van der Waals surface area contributed by atoms with Gasteiger partial charge in [0, 0.05) is 0 Å². The van der Waals surface area contributed by atoms with Crippen LogP contribution in [0.2, 0.25) is 0 Å². The Labute approximate surface area is 72.9 Å². The summed E-state index contributed by atoms with van der Waals surface area (Å²) in [5, 5.41) is 20.9. The summed E-state index contributed by atoms with van der Waals surface area (Å²) in [6.45, 7) is 2.56. The van der Waals surface area contributed by atoms with Crippen LogP contribution in [0.3, 0.4) is 0 Å². The van der Waals surface area contributed by atoms with Gasteiger partial charge in [-0.25, -0.2) is 0 Å². The van der Waals surface area contributed by atoms with Crippen LogP contribution in [0, 0.1) is 17.0 Å². The molecule has 0 heterocycles. The van der Waals surface area contributed by atoms with Crippen molar-refractivity contribution in [2.45, 2.75) is 0 Å². The third-order valence-electron chi connectivity index (χ3n) is 0. The molecule has 0 spiro atoms. The minimum atomic E-state index is -1.50. The van der Waals surface area contributed by atoms with Gasteiger partial charge < -0.3 is 10.3 Å². The fraction of sp³-hybridized carbons (Fsp3) is 0. The van der Waals surface area contributed by atoms with E-state index in [0.29, 0.717) is 0 Å². The molecule has 0 radical (unpaired) electrons. The van der Waals surface area contributed by atoms with E-state index in [1.54, 1.807) is 0 Å². The van der Waals surface area contributed by atoms with Gasteiger partial charge in [-0.05, 0) is 0 Å². The molecule has 0 saturated carbocycles. The third-order valence-corrected chi connectivity index (χ3v) is 0. The van der Waals surface area contributed by atoms with Gasteiger partial charge in [0.15, 0.2) is 5.97 Å². The number of carboxylic acids is 1. The number of aliphatic carboxylic acids is 1.